The van der Waals surface area contributed by atoms with E-state index in [0.717, 1.165) is 18.5 Å². The Morgan fingerprint density at radius 1 is 1.14 bits per heavy atom. The van der Waals surface area contributed by atoms with Crippen LogP contribution in [0.25, 0.3) is 0 Å². The predicted molar refractivity (Wildman–Crippen MR) is 89.1 cm³/mol. The van der Waals surface area contributed by atoms with E-state index in [1.54, 1.807) is 0 Å². The number of nitrogens with zero attached hydrogens (tertiary/aromatic N) is 1. The zero-order chi connectivity index (χ0) is 14.9. The smallest absolute Gasteiger partial charge is 0.0359 e. The minimum atomic E-state index is 0.112. The van der Waals surface area contributed by atoms with Gasteiger partial charge in [0.1, 0.15) is 0 Å². The third-order valence-corrected chi connectivity index (χ3v) is 5.72. The Morgan fingerprint density at radius 2 is 1.86 bits per heavy atom. The summed E-state index contributed by atoms with van der Waals surface area (Å²) < 4.78 is 0. The lowest BCUT2D eigenvalue weighted by atomic mass is 9.79. The molecule has 1 aliphatic heterocycles. The second-order valence-electron chi connectivity index (χ2n) is 7.75. The van der Waals surface area contributed by atoms with Crippen molar-refractivity contribution in [3.63, 3.8) is 0 Å². The summed E-state index contributed by atoms with van der Waals surface area (Å²) in [4.78, 5) is 2.75. The molecule has 2 nitrogen and oxygen atoms in total. The van der Waals surface area contributed by atoms with Crippen LogP contribution < -0.4 is 5.73 Å². The van der Waals surface area contributed by atoms with E-state index >= 15 is 0 Å². The third-order valence-electron chi connectivity index (χ3n) is 5.72. The lowest BCUT2D eigenvalue weighted by molar-refractivity contribution is 0.0614. The van der Waals surface area contributed by atoms with Crippen LogP contribution in [0.2, 0.25) is 0 Å². The van der Waals surface area contributed by atoms with Gasteiger partial charge in [-0.3, -0.25) is 4.90 Å². The molecule has 1 aromatic carbocycles. The number of nitrogens with two attached hydrogens (primary N) is 1. The molecule has 0 amide bonds. The standard InChI is InChI=1S/C19H30N2/c1-19(2,18(20)16-8-4-3-5-9-16)14-21-13-7-11-15-10-6-12-17(15)21/h3-5,8-9,15,17-18H,6-7,10-14,20H2,1-2H3. The Kier molecular flexibility index (Phi) is 4.37. The summed E-state index contributed by atoms with van der Waals surface area (Å²) in [6.07, 6.45) is 7.11. The van der Waals surface area contributed by atoms with Crippen LogP contribution >= 0.6 is 0 Å². The highest BCUT2D eigenvalue weighted by Gasteiger charge is 2.38. The normalized spacial score (nSPS) is 28.3. The Balaban J connectivity index is 1.70. The van der Waals surface area contributed by atoms with Crippen molar-refractivity contribution in [2.75, 3.05) is 13.1 Å². The van der Waals surface area contributed by atoms with Crippen LogP contribution in [0.3, 0.4) is 0 Å². The molecule has 0 aromatic heterocycles. The van der Waals surface area contributed by atoms with Gasteiger partial charge in [0.25, 0.3) is 0 Å². The number of fused-ring (bicyclic) bond motifs is 1. The number of hydrogen-bond donors (Lipinski definition) is 1. The molecule has 0 spiro atoms. The fraction of sp³-hybridized carbons (Fsp3) is 0.684. The largest absolute Gasteiger partial charge is 0.323 e. The highest BCUT2D eigenvalue weighted by Crippen LogP contribution is 2.40. The molecule has 1 aliphatic carbocycles. The second kappa shape index (κ2) is 6.10. The van der Waals surface area contributed by atoms with Gasteiger partial charge in [-0.1, -0.05) is 50.6 Å². The van der Waals surface area contributed by atoms with E-state index in [1.165, 1.54) is 44.2 Å². The van der Waals surface area contributed by atoms with E-state index in [0.29, 0.717) is 0 Å². The van der Waals surface area contributed by atoms with Crippen LogP contribution in [0, 0.1) is 11.3 Å². The molecule has 1 saturated carbocycles. The SMILES string of the molecule is CC(C)(CN1CCCC2CCCC21)C(N)c1ccccc1. The third kappa shape index (κ3) is 3.17. The molecule has 1 heterocycles. The number of hydrogen-bond acceptors (Lipinski definition) is 2. The molecule has 116 valence electrons. The van der Waals surface area contributed by atoms with Gasteiger partial charge in [0, 0.05) is 18.6 Å². The van der Waals surface area contributed by atoms with Gasteiger partial charge in [0.05, 0.1) is 0 Å². The Bertz CT molecular complexity index is 454. The molecule has 21 heavy (non-hydrogen) atoms. The summed E-state index contributed by atoms with van der Waals surface area (Å²) in [5, 5.41) is 0. The van der Waals surface area contributed by atoms with Gasteiger partial charge in [0.15, 0.2) is 0 Å². The number of piperidine rings is 1. The van der Waals surface area contributed by atoms with Crippen LogP contribution in [0.5, 0.6) is 0 Å². The van der Waals surface area contributed by atoms with E-state index in [2.05, 4.69) is 49.1 Å². The minimum absolute atomic E-state index is 0.112. The van der Waals surface area contributed by atoms with Gasteiger partial charge in [-0.25, -0.2) is 0 Å². The Labute approximate surface area is 129 Å². The monoisotopic (exact) mass is 286 g/mol. The maximum atomic E-state index is 6.60. The van der Waals surface area contributed by atoms with Crippen LogP contribution in [-0.2, 0) is 0 Å². The highest BCUT2D eigenvalue weighted by atomic mass is 15.2. The van der Waals surface area contributed by atoms with Gasteiger partial charge in [0.2, 0.25) is 0 Å². The summed E-state index contributed by atoms with van der Waals surface area (Å²) in [7, 11) is 0. The number of likely N-dealkylation sites (tertiary alicyclic amines) is 1. The van der Waals surface area contributed by atoms with Crippen molar-refractivity contribution in [1.82, 2.24) is 4.90 Å². The number of benzene rings is 1. The van der Waals surface area contributed by atoms with Crippen molar-refractivity contribution in [2.45, 2.75) is 58.0 Å². The highest BCUT2D eigenvalue weighted by molar-refractivity contribution is 5.20. The molecular formula is C19H30N2. The lowest BCUT2D eigenvalue weighted by Crippen LogP contribution is -2.49. The van der Waals surface area contributed by atoms with Gasteiger partial charge in [-0.15, -0.1) is 0 Å². The molecule has 3 unspecified atom stereocenters. The Hall–Kier alpha value is -0.860. The minimum Gasteiger partial charge on any atom is -0.323 e. The first kappa shape index (κ1) is 15.1. The average Bonchev–Trinajstić information content (AvgIpc) is 2.97. The quantitative estimate of drug-likeness (QED) is 0.907. The van der Waals surface area contributed by atoms with Gasteiger partial charge < -0.3 is 5.73 Å². The van der Waals surface area contributed by atoms with E-state index in [9.17, 15) is 0 Å². The first-order valence-electron chi connectivity index (χ1n) is 8.62. The molecular weight excluding hydrogens is 256 g/mol. The van der Waals surface area contributed by atoms with E-state index in [1.807, 2.05) is 0 Å². The van der Waals surface area contributed by atoms with E-state index in [4.69, 9.17) is 5.73 Å². The van der Waals surface area contributed by atoms with Crippen molar-refractivity contribution >= 4 is 0 Å². The summed E-state index contributed by atoms with van der Waals surface area (Å²) in [5.41, 5.74) is 7.98. The number of rotatable bonds is 4. The van der Waals surface area contributed by atoms with Crippen LogP contribution in [0.15, 0.2) is 30.3 Å². The lowest BCUT2D eigenvalue weighted by Gasteiger charge is -2.44. The molecule has 0 bridgehead atoms. The average molecular weight is 286 g/mol. The Morgan fingerprint density at radius 3 is 2.62 bits per heavy atom. The fourth-order valence-electron chi connectivity index (χ4n) is 4.49. The topological polar surface area (TPSA) is 29.3 Å². The molecule has 2 heteroatoms. The maximum Gasteiger partial charge on any atom is 0.0359 e. The molecule has 0 radical (unpaired) electrons. The summed E-state index contributed by atoms with van der Waals surface area (Å²) >= 11 is 0. The van der Waals surface area contributed by atoms with E-state index in [-0.39, 0.29) is 11.5 Å². The zero-order valence-corrected chi connectivity index (χ0v) is 13.6. The van der Waals surface area contributed by atoms with Crippen LogP contribution in [0.1, 0.15) is 57.6 Å². The van der Waals surface area contributed by atoms with Gasteiger partial charge >= 0.3 is 0 Å². The fourth-order valence-corrected chi connectivity index (χ4v) is 4.49. The zero-order valence-electron chi connectivity index (χ0n) is 13.6. The van der Waals surface area contributed by atoms with E-state index < -0.39 is 0 Å². The van der Waals surface area contributed by atoms with Crippen molar-refractivity contribution in [3.05, 3.63) is 35.9 Å². The van der Waals surface area contributed by atoms with Crippen molar-refractivity contribution in [1.29, 1.82) is 0 Å². The van der Waals surface area contributed by atoms with Crippen molar-refractivity contribution in [2.24, 2.45) is 17.1 Å². The summed E-state index contributed by atoms with van der Waals surface area (Å²) in [6.45, 7) is 7.07. The molecule has 2 aliphatic rings. The summed E-state index contributed by atoms with van der Waals surface area (Å²) in [6, 6.07) is 11.5. The van der Waals surface area contributed by atoms with Crippen molar-refractivity contribution < 1.29 is 0 Å². The predicted octanol–water partition coefficient (Wildman–Crippen LogP) is 3.98. The molecule has 1 saturated heterocycles. The second-order valence-corrected chi connectivity index (χ2v) is 7.75. The molecule has 2 N–H and O–H groups in total. The summed E-state index contributed by atoms with van der Waals surface area (Å²) in [5.74, 6) is 0.961. The first-order valence-corrected chi connectivity index (χ1v) is 8.62. The van der Waals surface area contributed by atoms with Crippen molar-refractivity contribution in [3.8, 4) is 0 Å². The molecule has 1 aromatic rings. The van der Waals surface area contributed by atoms with Gasteiger partial charge in [-0.05, 0) is 49.1 Å². The van der Waals surface area contributed by atoms with Crippen LogP contribution in [-0.4, -0.2) is 24.0 Å². The van der Waals surface area contributed by atoms with Crippen LogP contribution in [0.4, 0.5) is 0 Å². The van der Waals surface area contributed by atoms with Gasteiger partial charge in [-0.2, -0.15) is 0 Å². The maximum absolute atomic E-state index is 6.60. The molecule has 2 fully saturated rings. The molecule has 3 atom stereocenters. The molecule has 3 rings (SSSR count). The first-order chi connectivity index (χ1) is 10.1.